The van der Waals surface area contributed by atoms with Crippen LogP contribution in [-0.4, -0.2) is 44.8 Å². The number of hydrogen-bond acceptors (Lipinski definition) is 7. The monoisotopic (exact) mass is 477 g/mol. The first-order valence-electron chi connectivity index (χ1n) is 10.0. The SMILES string of the molecule is CC(=O)Nc1nc(CCc2cccc(CNC(=O)NN(C(=O)O)C(=O)OC(C)(C)C)c2)cs1. The Balaban J connectivity index is 1.88. The molecule has 2 aromatic rings. The first-order chi connectivity index (χ1) is 15.4. The number of aromatic nitrogens is 1. The maximum Gasteiger partial charge on any atom is 0.439 e. The predicted molar refractivity (Wildman–Crippen MR) is 122 cm³/mol. The minimum Gasteiger partial charge on any atom is -0.463 e. The summed E-state index contributed by atoms with van der Waals surface area (Å²) in [5.74, 6) is -0.169. The van der Waals surface area contributed by atoms with Crippen molar-refractivity contribution in [1.29, 1.82) is 0 Å². The molecule has 0 aliphatic carbocycles. The summed E-state index contributed by atoms with van der Waals surface area (Å²) in [6.45, 7) is 6.28. The Morgan fingerprint density at radius 2 is 1.85 bits per heavy atom. The van der Waals surface area contributed by atoms with E-state index in [0.717, 1.165) is 16.8 Å². The number of nitrogens with one attached hydrogen (secondary N) is 3. The third-order valence-corrected chi connectivity index (χ3v) is 4.74. The average molecular weight is 478 g/mol. The minimum atomic E-state index is -1.68. The third-order valence-electron chi connectivity index (χ3n) is 3.93. The molecule has 5 amide bonds. The highest BCUT2D eigenvalue weighted by molar-refractivity contribution is 7.13. The average Bonchev–Trinajstić information content (AvgIpc) is 3.14. The molecule has 0 spiro atoms. The van der Waals surface area contributed by atoms with Gasteiger partial charge in [0.05, 0.1) is 5.69 Å². The fourth-order valence-corrected chi connectivity index (χ4v) is 3.39. The summed E-state index contributed by atoms with van der Waals surface area (Å²) in [6, 6.07) is 6.63. The van der Waals surface area contributed by atoms with Crippen LogP contribution in [0.3, 0.4) is 0 Å². The number of aryl methyl sites for hydroxylation is 2. The van der Waals surface area contributed by atoms with Crippen molar-refractivity contribution in [3.63, 3.8) is 0 Å². The number of imide groups is 1. The molecule has 1 aromatic heterocycles. The Morgan fingerprint density at radius 3 is 2.48 bits per heavy atom. The van der Waals surface area contributed by atoms with Crippen molar-refractivity contribution in [2.75, 3.05) is 5.32 Å². The predicted octanol–water partition coefficient (Wildman–Crippen LogP) is 3.52. The van der Waals surface area contributed by atoms with Crippen molar-refractivity contribution < 1.29 is 29.0 Å². The van der Waals surface area contributed by atoms with Crippen LogP contribution >= 0.6 is 11.3 Å². The van der Waals surface area contributed by atoms with Crippen LogP contribution in [0, 0.1) is 0 Å². The molecule has 12 heteroatoms. The highest BCUT2D eigenvalue weighted by Crippen LogP contribution is 2.17. The zero-order valence-electron chi connectivity index (χ0n) is 18.8. The van der Waals surface area contributed by atoms with E-state index in [2.05, 4.69) is 15.6 Å². The van der Waals surface area contributed by atoms with Crippen molar-refractivity contribution >= 4 is 40.6 Å². The van der Waals surface area contributed by atoms with E-state index in [1.807, 2.05) is 35.1 Å². The van der Waals surface area contributed by atoms with Crippen molar-refractivity contribution in [2.45, 2.75) is 52.7 Å². The molecular formula is C21H27N5O6S. The summed E-state index contributed by atoms with van der Waals surface area (Å²) in [5, 5.41) is 16.9. The summed E-state index contributed by atoms with van der Waals surface area (Å²) in [7, 11) is 0. The van der Waals surface area contributed by atoms with Crippen LogP contribution in [-0.2, 0) is 28.9 Å². The fourth-order valence-electron chi connectivity index (χ4n) is 2.60. The van der Waals surface area contributed by atoms with Gasteiger partial charge in [-0.2, -0.15) is 0 Å². The molecule has 1 aromatic carbocycles. The van der Waals surface area contributed by atoms with Crippen LogP contribution < -0.4 is 16.1 Å². The van der Waals surface area contributed by atoms with Gasteiger partial charge in [-0.15, -0.1) is 16.3 Å². The minimum absolute atomic E-state index is 0.0834. The molecule has 0 saturated heterocycles. The van der Waals surface area contributed by atoms with Gasteiger partial charge in [0.1, 0.15) is 5.60 Å². The van der Waals surface area contributed by atoms with Crippen LogP contribution in [0.25, 0.3) is 0 Å². The van der Waals surface area contributed by atoms with Gasteiger partial charge in [0.25, 0.3) is 0 Å². The molecule has 0 radical (unpaired) electrons. The largest absolute Gasteiger partial charge is 0.463 e. The molecule has 0 atom stereocenters. The molecular weight excluding hydrogens is 450 g/mol. The Labute approximate surface area is 195 Å². The number of ether oxygens (including phenoxy) is 1. The normalized spacial score (nSPS) is 10.8. The fraction of sp³-hybridized carbons (Fsp3) is 0.381. The zero-order chi connectivity index (χ0) is 24.6. The third kappa shape index (κ3) is 9.15. The van der Waals surface area contributed by atoms with Gasteiger partial charge in [-0.05, 0) is 44.7 Å². The molecule has 1 heterocycles. The van der Waals surface area contributed by atoms with E-state index in [0.29, 0.717) is 18.0 Å². The van der Waals surface area contributed by atoms with Crippen LogP contribution in [0.5, 0.6) is 0 Å². The highest BCUT2D eigenvalue weighted by atomic mass is 32.1. The summed E-state index contributed by atoms with van der Waals surface area (Å²) in [4.78, 5) is 50.8. The number of carbonyl (C=O) groups is 4. The Kier molecular flexibility index (Phi) is 8.74. The standard InChI is InChI=1S/C21H27N5O6S/c1-13(27)23-18-24-16(12-33-18)9-8-14-6-5-7-15(10-14)11-22-17(28)25-26(19(29)30)20(31)32-21(2,3)4/h5-7,10,12H,8-9,11H2,1-4H3,(H,29,30)(H2,22,25,28)(H,23,24,27). The second-order valence-electron chi connectivity index (χ2n) is 8.04. The van der Waals surface area contributed by atoms with Crippen molar-refractivity contribution in [3.05, 3.63) is 46.5 Å². The number of hydrazine groups is 1. The molecule has 11 nitrogen and oxygen atoms in total. The maximum atomic E-state index is 12.1. The maximum absolute atomic E-state index is 12.1. The van der Waals surface area contributed by atoms with E-state index in [9.17, 15) is 19.2 Å². The van der Waals surface area contributed by atoms with E-state index >= 15 is 0 Å². The number of anilines is 1. The van der Waals surface area contributed by atoms with Gasteiger partial charge in [-0.3, -0.25) is 4.79 Å². The molecule has 0 aliphatic heterocycles. The molecule has 178 valence electrons. The van der Waals surface area contributed by atoms with Gasteiger partial charge in [-0.1, -0.05) is 24.3 Å². The van der Waals surface area contributed by atoms with Crippen LogP contribution in [0.15, 0.2) is 29.6 Å². The van der Waals surface area contributed by atoms with Crippen LogP contribution in [0.4, 0.5) is 19.5 Å². The van der Waals surface area contributed by atoms with Gasteiger partial charge in [-0.25, -0.2) is 24.8 Å². The number of amides is 5. The van der Waals surface area contributed by atoms with Gasteiger partial charge in [0, 0.05) is 18.8 Å². The van der Waals surface area contributed by atoms with Gasteiger partial charge in [0.15, 0.2) is 5.13 Å². The quantitative estimate of drug-likeness (QED) is 0.465. The molecule has 0 unspecified atom stereocenters. The number of benzene rings is 1. The van der Waals surface area contributed by atoms with Crippen molar-refractivity contribution in [1.82, 2.24) is 20.7 Å². The number of hydrogen-bond donors (Lipinski definition) is 4. The smallest absolute Gasteiger partial charge is 0.439 e. The topological polar surface area (TPSA) is 150 Å². The summed E-state index contributed by atoms with van der Waals surface area (Å²) >= 11 is 1.36. The van der Waals surface area contributed by atoms with E-state index in [1.165, 1.54) is 18.3 Å². The Bertz CT molecular complexity index is 1020. The summed E-state index contributed by atoms with van der Waals surface area (Å²) in [6.07, 6.45) is -1.51. The molecule has 0 fully saturated rings. The molecule has 2 rings (SSSR count). The summed E-state index contributed by atoms with van der Waals surface area (Å²) < 4.78 is 4.96. The lowest BCUT2D eigenvalue weighted by molar-refractivity contribution is -0.114. The van der Waals surface area contributed by atoms with Gasteiger partial charge in [0.2, 0.25) is 5.91 Å². The second kappa shape index (κ2) is 11.3. The zero-order valence-corrected chi connectivity index (χ0v) is 19.6. The lowest BCUT2D eigenvalue weighted by atomic mass is 10.1. The number of carboxylic acid groups (broad SMARTS) is 1. The van der Waals surface area contributed by atoms with Crippen molar-refractivity contribution in [3.8, 4) is 0 Å². The second-order valence-corrected chi connectivity index (χ2v) is 8.90. The lowest BCUT2D eigenvalue weighted by Gasteiger charge is -2.24. The van der Waals surface area contributed by atoms with Crippen LogP contribution in [0.2, 0.25) is 0 Å². The van der Waals surface area contributed by atoms with E-state index < -0.39 is 23.8 Å². The molecule has 0 aliphatic rings. The Hall–Kier alpha value is -3.67. The molecule has 0 saturated carbocycles. The molecule has 0 bridgehead atoms. The highest BCUT2D eigenvalue weighted by Gasteiger charge is 2.28. The van der Waals surface area contributed by atoms with Crippen LogP contribution in [0.1, 0.15) is 44.5 Å². The number of carbonyl (C=O) groups excluding carboxylic acids is 3. The number of urea groups is 1. The molecule has 4 N–H and O–H groups in total. The van der Waals surface area contributed by atoms with E-state index in [4.69, 9.17) is 9.84 Å². The number of rotatable bonds is 6. The molecule has 33 heavy (non-hydrogen) atoms. The number of thiazole rings is 1. The number of nitrogens with zero attached hydrogens (tertiary/aromatic N) is 2. The van der Waals surface area contributed by atoms with E-state index in [-0.39, 0.29) is 17.5 Å². The lowest BCUT2D eigenvalue weighted by Crippen LogP contribution is -2.53. The first-order valence-corrected chi connectivity index (χ1v) is 10.9. The first kappa shape index (κ1) is 25.6. The Morgan fingerprint density at radius 1 is 1.15 bits per heavy atom. The summed E-state index contributed by atoms with van der Waals surface area (Å²) in [5.41, 5.74) is 3.71. The van der Waals surface area contributed by atoms with Crippen molar-refractivity contribution in [2.24, 2.45) is 0 Å². The van der Waals surface area contributed by atoms with Gasteiger partial charge < -0.3 is 20.5 Å². The van der Waals surface area contributed by atoms with E-state index in [1.54, 1.807) is 20.8 Å². The van der Waals surface area contributed by atoms with Gasteiger partial charge >= 0.3 is 18.2 Å².